The summed E-state index contributed by atoms with van der Waals surface area (Å²) >= 11 is 7.03. The Labute approximate surface area is 189 Å². The van der Waals surface area contributed by atoms with E-state index in [-0.39, 0.29) is 39.6 Å². The number of ether oxygens (including phenoxy) is 3. The number of aliphatic hydroxyl groups is 1. The summed E-state index contributed by atoms with van der Waals surface area (Å²) in [6.07, 6.45) is 0. The Bertz CT molecular complexity index is 945. The molecule has 5 N–H and O–H groups in total. The SMILES string of the molecule is CCOc1ccc(C(=N)SC(=N)c2cc(F)c(OC[C@H](N)CO)cc2Cl)c(OCC)c1. The molecule has 0 aliphatic heterocycles. The average Bonchev–Trinajstić information content (AvgIpc) is 2.74. The minimum atomic E-state index is -0.725. The molecule has 0 spiro atoms. The van der Waals surface area contributed by atoms with E-state index >= 15 is 0 Å². The van der Waals surface area contributed by atoms with Gasteiger partial charge in [0.25, 0.3) is 0 Å². The molecule has 2 rings (SSSR count). The van der Waals surface area contributed by atoms with Gasteiger partial charge in [-0.1, -0.05) is 23.4 Å². The summed E-state index contributed by atoms with van der Waals surface area (Å²) in [6.45, 7) is 4.21. The van der Waals surface area contributed by atoms with Crippen LogP contribution in [0.3, 0.4) is 0 Å². The maximum atomic E-state index is 14.4. The van der Waals surface area contributed by atoms with Crippen molar-refractivity contribution < 1.29 is 23.7 Å². The number of rotatable bonds is 10. The molecule has 7 nitrogen and oxygen atoms in total. The first-order valence-corrected chi connectivity index (χ1v) is 10.7. The summed E-state index contributed by atoms with van der Waals surface area (Å²) in [5.41, 5.74) is 6.15. The number of hydrogen-bond donors (Lipinski definition) is 4. The number of halogens is 2. The highest BCUT2D eigenvalue weighted by atomic mass is 35.5. The molecule has 2 aromatic rings. The predicted molar refractivity (Wildman–Crippen MR) is 122 cm³/mol. The summed E-state index contributed by atoms with van der Waals surface area (Å²) in [5.74, 6) is 0.220. The number of thioether (sulfide) groups is 1. The van der Waals surface area contributed by atoms with Crippen LogP contribution >= 0.6 is 23.4 Å². The Kier molecular flexibility index (Phi) is 9.57. The van der Waals surface area contributed by atoms with Gasteiger partial charge in [-0.3, -0.25) is 10.8 Å². The zero-order valence-electron chi connectivity index (χ0n) is 17.2. The Morgan fingerprint density at radius 3 is 2.39 bits per heavy atom. The van der Waals surface area contributed by atoms with Crippen LogP contribution in [0.2, 0.25) is 5.02 Å². The van der Waals surface area contributed by atoms with Crippen LogP contribution in [-0.2, 0) is 0 Å². The second-order valence-corrected chi connectivity index (χ2v) is 7.73. The van der Waals surface area contributed by atoms with Crippen LogP contribution < -0.4 is 19.9 Å². The number of nitrogens with one attached hydrogen (secondary N) is 2. The molecular formula is C21H25ClFN3O4S. The van der Waals surface area contributed by atoms with E-state index in [2.05, 4.69) is 0 Å². The third-order valence-corrected chi connectivity index (χ3v) is 5.13. The van der Waals surface area contributed by atoms with Gasteiger partial charge in [0.05, 0.1) is 30.9 Å². The molecular weight excluding hydrogens is 445 g/mol. The maximum Gasteiger partial charge on any atom is 0.165 e. The molecule has 2 aromatic carbocycles. The fourth-order valence-corrected chi connectivity index (χ4v) is 3.56. The average molecular weight is 470 g/mol. The smallest absolute Gasteiger partial charge is 0.165 e. The summed E-state index contributed by atoms with van der Waals surface area (Å²) in [6, 6.07) is 6.76. The van der Waals surface area contributed by atoms with E-state index < -0.39 is 11.9 Å². The first kappa shape index (κ1) is 24.9. The van der Waals surface area contributed by atoms with E-state index in [0.717, 1.165) is 17.8 Å². The van der Waals surface area contributed by atoms with Gasteiger partial charge in [-0.2, -0.15) is 0 Å². The van der Waals surface area contributed by atoms with E-state index in [1.54, 1.807) is 18.2 Å². The molecule has 0 bridgehead atoms. The predicted octanol–water partition coefficient (Wildman–Crippen LogP) is 4.06. The number of benzene rings is 2. The highest BCUT2D eigenvalue weighted by Gasteiger charge is 2.19. The van der Waals surface area contributed by atoms with E-state index in [0.29, 0.717) is 30.3 Å². The normalized spacial score (nSPS) is 11.7. The van der Waals surface area contributed by atoms with E-state index in [1.807, 2.05) is 13.8 Å². The number of hydrogen-bond acceptors (Lipinski definition) is 8. The van der Waals surface area contributed by atoms with Crippen molar-refractivity contribution in [2.75, 3.05) is 26.4 Å². The summed E-state index contributed by atoms with van der Waals surface area (Å²) in [7, 11) is 0. The van der Waals surface area contributed by atoms with Crippen molar-refractivity contribution in [2.24, 2.45) is 5.73 Å². The molecule has 10 heteroatoms. The molecule has 0 saturated carbocycles. The van der Waals surface area contributed by atoms with Gasteiger partial charge in [0.2, 0.25) is 0 Å². The summed E-state index contributed by atoms with van der Waals surface area (Å²) < 4.78 is 30.7. The lowest BCUT2D eigenvalue weighted by Gasteiger charge is -2.15. The molecule has 0 amide bonds. The summed E-state index contributed by atoms with van der Waals surface area (Å²) in [4.78, 5) is 0. The topological polar surface area (TPSA) is 122 Å². The van der Waals surface area contributed by atoms with E-state index in [1.165, 1.54) is 6.07 Å². The zero-order valence-corrected chi connectivity index (χ0v) is 18.8. The Balaban J connectivity index is 2.19. The lowest BCUT2D eigenvalue weighted by Crippen LogP contribution is -2.31. The molecule has 0 fully saturated rings. The minimum absolute atomic E-state index is 0.0437. The number of nitrogens with two attached hydrogens (primary N) is 1. The van der Waals surface area contributed by atoms with Gasteiger partial charge in [0, 0.05) is 23.3 Å². The third kappa shape index (κ3) is 6.83. The van der Waals surface area contributed by atoms with Crippen molar-refractivity contribution in [3.05, 3.63) is 52.3 Å². The van der Waals surface area contributed by atoms with Crippen LogP contribution in [0.25, 0.3) is 0 Å². The Hall–Kier alpha value is -2.33. The van der Waals surface area contributed by atoms with Gasteiger partial charge in [0.1, 0.15) is 28.2 Å². The molecule has 0 heterocycles. The molecule has 0 unspecified atom stereocenters. The first-order valence-electron chi connectivity index (χ1n) is 9.54. The molecule has 0 saturated heterocycles. The minimum Gasteiger partial charge on any atom is -0.494 e. The standard InChI is InChI=1S/C21H25ClFN3O4S/c1-3-28-13-5-6-14(18(7-13)29-4-2)20(25)31-21(26)15-8-17(23)19(9-16(15)22)30-11-12(24)10-27/h5-9,12,25-27H,3-4,10-11,24H2,1-2H3/t12-/m1/s1. The quantitative estimate of drug-likeness (QED) is 0.307. The van der Waals surface area contributed by atoms with Crippen LogP contribution in [-0.4, -0.2) is 47.7 Å². The molecule has 31 heavy (non-hydrogen) atoms. The Morgan fingerprint density at radius 2 is 1.74 bits per heavy atom. The fourth-order valence-electron chi connectivity index (χ4n) is 2.50. The van der Waals surface area contributed by atoms with Crippen molar-refractivity contribution in [3.8, 4) is 17.2 Å². The van der Waals surface area contributed by atoms with Crippen molar-refractivity contribution in [1.29, 1.82) is 10.8 Å². The van der Waals surface area contributed by atoms with Crippen molar-refractivity contribution in [3.63, 3.8) is 0 Å². The van der Waals surface area contributed by atoms with Crippen LogP contribution in [0.1, 0.15) is 25.0 Å². The Morgan fingerprint density at radius 1 is 1.06 bits per heavy atom. The molecule has 168 valence electrons. The highest BCUT2D eigenvalue weighted by molar-refractivity contribution is 8.27. The molecule has 0 radical (unpaired) electrons. The molecule has 0 aliphatic carbocycles. The van der Waals surface area contributed by atoms with Gasteiger partial charge in [-0.15, -0.1) is 0 Å². The molecule has 0 aromatic heterocycles. The van der Waals surface area contributed by atoms with Crippen molar-refractivity contribution in [2.45, 2.75) is 19.9 Å². The highest BCUT2D eigenvalue weighted by Crippen LogP contribution is 2.33. The molecule has 0 aliphatic rings. The first-order chi connectivity index (χ1) is 14.8. The van der Waals surface area contributed by atoms with Crippen LogP contribution in [0.5, 0.6) is 17.2 Å². The second kappa shape index (κ2) is 11.9. The van der Waals surface area contributed by atoms with Gasteiger partial charge in [-0.25, -0.2) is 4.39 Å². The largest absolute Gasteiger partial charge is 0.494 e. The fraction of sp³-hybridized carbons (Fsp3) is 0.333. The monoisotopic (exact) mass is 469 g/mol. The summed E-state index contributed by atoms with van der Waals surface area (Å²) in [5, 5.41) is 25.7. The van der Waals surface area contributed by atoms with Gasteiger partial charge < -0.3 is 25.1 Å². The second-order valence-electron chi connectivity index (χ2n) is 6.30. The van der Waals surface area contributed by atoms with Crippen molar-refractivity contribution >= 4 is 33.5 Å². The zero-order chi connectivity index (χ0) is 23.0. The molecule has 1 atom stereocenters. The van der Waals surface area contributed by atoms with Gasteiger partial charge in [-0.05, 0) is 32.0 Å². The maximum absolute atomic E-state index is 14.4. The van der Waals surface area contributed by atoms with Crippen molar-refractivity contribution in [1.82, 2.24) is 0 Å². The third-order valence-electron chi connectivity index (χ3n) is 3.97. The lowest BCUT2D eigenvalue weighted by atomic mass is 10.2. The lowest BCUT2D eigenvalue weighted by molar-refractivity contribution is 0.202. The van der Waals surface area contributed by atoms with Crippen LogP contribution in [0.15, 0.2) is 30.3 Å². The number of aliphatic hydroxyl groups excluding tert-OH is 1. The van der Waals surface area contributed by atoms with E-state index in [4.69, 9.17) is 47.5 Å². The van der Waals surface area contributed by atoms with Crippen LogP contribution in [0, 0.1) is 16.6 Å². The van der Waals surface area contributed by atoms with E-state index in [9.17, 15) is 4.39 Å². The van der Waals surface area contributed by atoms with Crippen LogP contribution in [0.4, 0.5) is 4.39 Å². The van der Waals surface area contributed by atoms with Gasteiger partial charge >= 0.3 is 0 Å². The van der Waals surface area contributed by atoms with Gasteiger partial charge in [0.15, 0.2) is 11.6 Å².